The van der Waals surface area contributed by atoms with Crippen molar-refractivity contribution < 1.29 is 9.59 Å². The average Bonchev–Trinajstić information content (AvgIpc) is 2.61. The van der Waals surface area contributed by atoms with Crippen LogP contribution in [0.3, 0.4) is 0 Å². The van der Waals surface area contributed by atoms with Gasteiger partial charge in [0.25, 0.3) is 5.91 Å². The lowest BCUT2D eigenvalue weighted by molar-refractivity contribution is -0.154. The Kier molecular flexibility index (Phi) is 3.29. The van der Waals surface area contributed by atoms with E-state index in [1.54, 1.807) is 9.80 Å². The molecular formula is C11H16Cl2N2O2. The SMILES string of the molecule is CC1CCC2(C)N(C(=O)C(Cl)Cl)CCN2C1=O. The van der Waals surface area contributed by atoms with Crippen molar-refractivity contribution >= 4 is 35.0 Å². The monoisotopic (exact) mass is 278 g/mol. The summed E-state index contributed by atoms with van der Waals surface area (Å²) in [5, 5.41) is 0. The lowest BCUT2D eigenvalue weighted by atomic mass is 9.90. The van der Waals surface area contributed by atoms with Gasteiger partial charge >= 0.3 is 0 Å². The zero-order valence-electron chi connectivity index (χ0n) is 9.95. The molecule has 0 N–H and O–H groups in total. The molecule has 0 aliphatic carbocycles. The molecule has 2 fully saturated rings. The second-order valence-corrected chi connectivity index (χ2v) is 6.03. The maximum absolute atomic E-state index is 12.1. The summed E-state index contributed by atoms with van der Waals surface area (Å²) in [4.78, 5) is 26.4. The standard InChI is InChI=1S/C11H16Cl2N2O2/c1-7-3-4-11(2)14(9(7)16)5-6-15(11)10(17)8(12)13/h7-8H,3-6H2,1-2H3. The molecule has 96 valence electrons. The molecule has 2 amide bonds. The number of halogens is 2. The quantitative estimate of drug-likeness (QED) is 0.684. The predicted octanol–water partition coefficient (Wildman–Crippen LogP) is 1.61. The van der Waals surface area contributed by atoms with E-state index in [2.05, 4.69) is 0 Å². The Morgan fingerprint density at radius 2 is 2.12 bits per heavy atom. The zero-order valence-corrected chi connectivity index (χ0v) is 11.5. The summed E-state index contributed by atoms with van der Waals surface area (Å²) in [6.07, 6.45) is 1.58. The third kappa shape index (κ3) is 1.91. The highest BCUT2D eigenvalue weighted by Gasteiger charge is 2.51. The summed E-state index contributed by atoms with van der Waals surface area (Å²) in [6, 6.07) is 0. The number of amides is 2. The molecule has 2 heterocycles. The van der Waals surface area contributed by atoms with Crippen LogP contribution < -0.4 is 0 Å². The van der Waals surface area contributed by atoms with E-state index in [1.807, 2.05) is 13.8 Å². The van der Waals surface area contributed by atoms with E-state index in [0.29, 0.717) is 13.1 Å². The molecule has 2 atom stereocenters. The van der Waals surface area contributed by atoms with E-state index in [4.69, 9.17) is 23.2 Å². The first-order valence-electron chi connectivity index (χ1n) is 5.79. The van der Waals surface area contributed by atoms with Gasteiger partial charge in [-0.2, -0.15) is 0 Å². The van der Waals surface area contributed by atoms with Crippen molar-refractivity contribution in [2.24, 2.45) is 5.92 Å². The fourth-order valence-corrected chi connectivity index (χ4v) is 3.03. The number of hydrogen-bond donors (Lipinski definition) is 0. The van der Waals surface area contributed by atoms with Crippen LogP contribution in [0.15, 0.2) is 0 Å². The topological polar surface area (TPSA) is 40.6 Å². The van der Waals surface area contributed by atoms with Crippen molar-refractivity contribution in [3.05, 3.63) is 0 Å². The first-order valence-corrected chi connectivity index (χ1v) is 6.66. The van der Waals surface area contributed by atoms with Gasteiger partial charge in [-0.1, -0.05) is 30.1 Å². The van der Waals surface area contributed by atoms with Crippen LogP contribution in [-0.2, 0) is 9.59 Å². The Hall–Kier alpha value is -0.480. The molecule has 17 heavy (non-hydrogen) atoms. The molecule has 0 aromatic carbocycles. The summed E-state index contributed by atoms with van der Waals surface area (Å²) >= 11 is 11.3. The number of rotatable bonds is 1. The smallest absolute Gasteiger partial charge is 0.257 e. The van der Waals surface area contributed by atoms with Crippen molar-refractivity contribution in [1.82, 2.24) is 9.80 Å². The summed E-state index contributed by atoms with van der Waals surface area (Å²) < 4.78 is 0. The van der Waals surface area contributed by atoms with Crippen LogP contribution in [0.2, 0.25) is 0 Å². The van der Waals surface area contributed by atoms with Gasteiger partial charge in [0.2, 0.25) is 5.91 Å². The molecule has 2 unspecified atom stereocenters. The van der Waals surface area contributed by atoms with Gasteiger partial charge in [-0.15, -0.1) is 0 Å². The van der Waals surface area contributed by atoms with E-state index < -0.39 is 10.5 Å². The summed E-state index contributed by atoms with van der Waals surface area (Å²) in [5.41, 5.74) is -0.539. The number of alkyl halides is 2. The van der Waals surface area contributed by atoms with Crippen LogP contribution in [0.4, 0.5) is 0 Å². The van der Waals surface area contributed by atoms with Gasteiger partial charge < -0.3 is 9.80 Å². The molecule has 0 radical (unpaired) electrons. The molecule has 2 rings (SSSR count). The number of carbonyl (C=O) groups is 2. The Labute approximate surface area is 111 Å². The number of nitrogens with zero attached hydrogens (tertiary/aromatic N) is 2. The Balaban J connectivity index is 2.25. The van der Waals surface area contributed by atoms with E-state index in [9.17, 15) is 9.59 Å². The van der Waals surface area contributed by atoms with E-state index in [1.165, 1.54) is 0 Å². The number of hydrogen-bond acceptors (Lipinski definition) is 2. The normalized spacial score (nSPS) is 33.2. The predicted molar refractivity (Wildman–Crippen MR) is 65.7 cm³/mol. The highest BCUT2D eigenvalue weighted by atomic mass is 35.5. The second kappa shape index (κ2) is 4.32. The minimum Gasteiger partial charge on any atom is -0.318 e. The second-order valence-electron chi connectivity index (χ2n) is 4.94. The molecule has 6 heteroatoms. The fourth-order valence-electron chi connectivity index (χ4n) is 2.79. The summed E-state index contributed by atoms with van der Waals surface area (Å²) in [6.45, 7) is 4.94. The maximum Gasteiger partial charge on any atom is 0.257 e. The van der Waals surface area contributed by atoms with Crippen LogP contribution in [0, 0.1) is 5.92 Å². The lowest BCUT2D eigenvalue weighted by Gasteiger charge is -2.45. The van der Waals surface area contributed by atoms with Gasteiger partial charge in [0.1, 0.15) is 5.66 Å². The van der Waals surface area contributed by atoms with Gasteiger partial charge in [-0.25, -0.2) is 0 Å². The molecule has 0 saturated carbocycles. The third-order valence-corrected chi connectivity index (χ3v) is 4.27. The molecule has 0 bridgehead atoms. The van der Waals surface area contributed by atoms with Gasteiger partial charge in [0, 0.05) is 19.0 Å². The first-order chi connectivity index (χ1) is 7.88. The van der Waals surface area contributed by atoms with Crippen molar-refractivity contribution in [2.75, 3.05) is 13.1 Å². The van der Waals surface area contributed by atoms with Crippen molar-refractivity contribution in [1.29, 1.82) is 0 Å². The summed E-state index contributed by atoms with van der Waals surface area (Å²) in [7, 11) is 0. The highest BCUT2D eigenvalue weighted by molar-refractivity contribution is 6.53. The van der Waals surface area contributed by atoms with E-state index in [-0.39, 0.29) is 17.7 Å². The maximum atomic E-state index is 12.1. The van der Waals surface area contributed by atoms with Gasteiger partial charge in [-0.05, 0) is 19.8 Å². The van der Waals surface area contributed by atoms with E-state index in [0.717, 1.165) is 12.8 Å². The average molecular weight is 279 g/mol. The molecule has 2 saturated heterocycles. The van der Waals surface area contributed by atoms with Crippen LogP contribution in [0.1, 0.15) is 26.7 Å². The molecule has 0 aromatic rings. The van der Waals surface area contributed by atoms with Gasteiger partial charge in [-0.3, -0.25) is 9.59 Å². The Morgan fingerprint density at radius 1 is 1.47 bits per heavy atom. The molecule has 4 nitrogen and oxygen atoms in total. The molecule has 0 aromatic heterocycles. The van der Waals surface area contributed by atoms with Crippen molar-refractivity contribution in [3.8, 4) is 0 Å². The zero-order chi connectivity index (χ0) is 12.8. The van der Waals surface area contributed by atoms with Crippen molar-refractivity contribution in [2.45, 2.75) is 37.2 Å². The minimum absolute atomic E-state index is 0.0425. The Morgan fingerprint density at radius 3 is 2.71 bits per heavy atom. The number of fused-ring (bicyclic) bond motifs is 1. The number of carbonyl (C=O) groups excluding carboxylic acids is 2. The van der Waals surface area contributed by atoms with Crippen LogP contribution in [0.5, 0.6) is 0 Å². The molecule has 2 aliphatic heterocycles. The third-order valence-electron chi connectivity index (χ3n) is 3.90. The van der Waals surface area contributed by atoms with Crippen molar-refractivity contribution in [3.63, 3.8) is 0 Å². The van der Waals surface area contributed by atoms with Gasteiger partial charge in [0.05, 0.1) is 0 Å². The minimum atomic E-state index is -1.05. The van der Waals surface area contributed by atoms with E-state index >= 15 is 0 Å². The molecule has 2 aliphatic rings. The van der Waals surface area contributed by atoms with Crippen LogP contribution >= 0.6 is 23.2 Å². The molecule has 0 spiro atoms. The largest absolute Gasteiger partial charge is 0.318 e. The Bertz CT molecular complexity index is 361. The van der Waals surface area contributed by atoms with Crippen LogP contribution in [0.25, 0.3) is 0 Å². The fraction of sp³-hybridized carbons (Fsp3) is 0.818. The van der Waals surface area contributed by atoms with Crippen LogP contribution in [-0.4, -0.2) is 45.2 Å². The first kappa shape index (κ1) is 13.0. The molecular weight excluding hydrogens is 263 g/mol. The number of piperidine rings is 1. The highest BCUT2D eigenvalue weighted by Crippen LogP contribution is 2.38. The van der Waals surface area contributed by atoms with Gasteiger partial charge in [0.15, 0.2) is 4.84 Å². The summed E-state index contributed by atoms with van der Waals surface area (Å²) in [5.74, 6) is -0.142. The lowest BCUT2D eigenvalue weighted by Crippen LogP contribution is -2.59.